The van der Waals surface area contributed by atoms with Gasteiger partial charge >= 0.3 is 0 Å². The van der Waals surface area contributed by atoms with Crippen LogP contribution in [0.1, 0.15) is 30.5 Å². The monoisotopic (exact) mass is 296 g/mol. The molecule has 112 valence electrons. The fraction of sp³-hybridized carbons (Fsp3) is 0.714. The van der Waals surface area contributed by atoms with Crippen LogP contribution in [0.4, 0.5) is 0 Å². The number of piperazine rings is 1. The molecule has 1 fully saturated rings. The van der Waals surface area contributed by atoms with Gasteiger partial charge in [-0.1, -0.05) is 13.3 Å². The van der Waals surface area contributed by atoms with E-state index < -0.39 is 0 Å². The summed E-state index contributed by atoms with van der Waals surface area (Å²) >= 11 is 1.69. The van der Waals surface area contributed by atoms with E-state index in [9.17, 15) is 4.79 Å². The van der Waals surface area contributed by atoms with Crippen molar-refractivity contribution in [3.63, 3.8) is 0 Å². The van der Waals surface area contributed by atoms with E-state index in [4.69, 9.17) is 5.73 Å². The number of hydrogen-bond donors (Lipinski definition) is 1. The molecule has 0 saturated carbocycles. The molecule has 2 heterocycles. The van der Waals surface area contributed by atoms with Gasteiger partial charge in [0.2, 0.25) is 5.91 Å². The number of aryl methyl sites for hydroxylation is 1. The van der Waals surface area contributed by atoms with E-state index in [2.05, 4.69) is 22.2 Å². The Morgan fingerprint density at radius 2 is 2.15 bits per heavy atom. The molecule has 20 heavy (non-hydrogen) atoms. The topological polar surface area (TPSA) is 62.5 Å². The van der Waals surface area contributed by atoms with Gasteiger partial charge in [-0.05, 0) is 13.3 Å². The van der Waals surface area contributed by atoms with Gasteiger partial charge in [0.1, 0.15) is 0 Å². The van der Waals surface area contributed by atoms with Crippen LogP contribution in [-0.2, 0) is 11.3 Å². The van der Waals surface area contributed by atoms with Crippen LogP contribution >= 0.6 is 11.3 Å². The number of aromatic nitrogens is 1. The van der Waals surface area contributed by atoms with Crippen molar-refractivity contribution in [3.8, 4) is 0 Å². The maximum absolute atomic E-state index is 12.1. The molecular weight excluding hydrogens is 272 g/mol. The number of carbonyl (C=O) groups is 1. The number of thiazole rings is 1. The van der Waals surface area contributed by atoms with Gasteiger partial charge in [0.05, 0.1) is 16.7 Å². The average molecular weight is 296 g/mol. The molecule has 0 radical (unpaired) electrons. The zero-order valence-electron chi connectivity index (χ0n) is 12.3. The van der Waals surface area contributed by atoms with Crippen molar-refractivity contribution in [1.29, 1.82) is 0 Å². The molecule has 0 aromatic carbocycles. The second-order valence-electron chi connectivity index (χ2n) is 5.35. The van der Waals surface area contributed by atoms with Crippen LogP contribution < -0.4 is 5.73 Å². The van der Waals surface area contributed by atoms with Crippen LogP contribution in [0, 0.1) is 6.92 Å². The summed E-state index contributed by atoms with van der Waals surface area (Å²) in [5.41, 5.74) is 7.04. The number of carbonyl (C=O) groups excluding carboxylic acids is 1. The second kappa shape index (κ2) is 7.15. The lowest BCUT2D eigenvalue weighted by molar-refractivity contribution is -0.134. The van der Waals surface area contributed by atoms with Gasteiger partial charge in [-0.2, -0.15) is 0 Å². The molecule has 6 heteroatoms. The Morgan fingerprint density at radius 3 is 2.70 bits per heavy atom. The van der Waals surface area contributed by atoms with Crippen molar-refractivity contribution in [2.24, 2.45) is 5.73 Å². The number of nitrogens with zero attached hydrogens (tertiary/aromatic N) is 3. The maximum Gasteiger partial charge on any atom is 0.239 e. The molecule has 2 N–H and O–H groups in total. The minimum absolute atomic E-state index is 0.107. The molecule has 0 bridgehead atoms. The summed E-state index contributed by atoms with van der Waals surface area (Å²) in [6.07, 6.45) is 1.73. The third-order valence-electron chi connectivity index (χ3n) is 3.65. The minimum Gasteiger partial charge on any atom is -0.339 e. The SMILES string of the molecule is CCC[C@H](N)C(=O)N1CCN(Cc2csc(C)n2)CC1. The zero-order valence-corrected chi connectivity index (χ0v) is 13.2. The van der Waals surface area contributed by atoms with E-state index in [0.29, 0.717) is 0 Å². The highest BCUT2D eigenvalue weighted by Gasteiger charge is 2.24. The van der Waals surface area contributed by atoms with E-state index in [1.54, 1.807) is 11.3 Å². The molecular formula is C14H24N4OS. The lowest BCUT2D eigenvalue weighted by Gasteiger charge is -2.35. The lowest BCUT2D eigenvalue weighted by Crippen LogP contribution is -2.52. The Balaban J connectivity index is 1.78. The summed E-state index contributed by atoms with van der Waals surface area (Å²) in [5.74, 6) is 0.107. The molecule has 1 aliphatic rings. The average Bonchev–Trinajstić information content (AvgIpc) is 2.84. The lowest BCUT2D eigenvalue weighted by atomic mass is 10.1. The normalized spacial score (nSPS) is 18.2. The Kier molecular flexibility index (Phi) is 5.51. The fourth-order valence-corrected chi connectivity index (χ4v) is 3.11. The highest BCUT2D eigenvalue weighted by molar-refractivity contribution is 7.09. The molecule has 1 atom stereocenters. The summed E-state index contributed by atoms with van der Waals surface area (Å²) in [5, 5.41) is 3.23. The van der Waals surface area contributed by atoms with Gasteiger partial charge < -0.3 is 10.6 Å². The van der Waals surface area contributed by atoms with E-state index >= 15 is 0 Å². The number of rotatable bonds is 5. The van der Waals surface area contributed by atoms with Crippen molar-refractivity contribution in [2.75, 3.05) is 26.2 Å². The van der Waals surface area contributed by atoms with Crippen molar-refractivity contribution < 1.29 is 4.79 Å². The van der Waals surface area contributed by atoms with Gasteiger partial charge in [-0.3, -0.25) is 9.69 Å². The molecule has 1 aromatic heterocycles. The van der Waals surface area contributed by atoms with E-state index in [1.807, 2.05) is 11.8 Å². The first-order valence-electron chi connectivity index (χ1n) is 7.28. The Hall–Kier alpha value is -0.980. The fourth-order valence-electron chi connectivity index (χ4n) is 2.51. The highest BCUT2D eigenvalue weighted by atomic mass is 32.1. The molecule has 1 amide bonds. The Morgan fingerprint density at radius 1 is 1.45 bits per heavy atom. The van der Waals surface area contributed by atoms with Crippen LogP contribution in [0.15, 0.2) is 5.38 Å². The minimum atomic E-state index is -0.326. The van der Waals surface area contributed by atoms with Gasteiger partial charge in [0.15, 0.2) is 0 Å². The third-order valence-corrected chi connectivity index (χ3v) is 4.48. The molecule has 2 rings (SSSR count). The quantitative estimate of drug-likeness (QED) is 0.887. The summed E-state index contributed by atoms with van der Waals surface area (Å²) in [4.78, 5) is 20.9. The molecule has 5 nitrogen and oxygen atoms in total. The van der Waals surface area contributed by atoms with Gasteiger partial charge in [-0.15, -0.1) is 11.3 Å². The standard InChI is InChI=1S/C14H24N4OS/c1-3-4-13(15)14(19)18-7-5-17(6-8-18)9-12-10-20-11(2)16-12/h10,13H,3-9,15H2,1-2H3/t13-/m0/s1. The van der Waals surface area contributed by atoms with Crippen LogP contribution in [0.3, 0.4) is 0 Å². The van der Waals surface area contributed by atoms with Crippen LogP contribution in [0.25, 0.3) is 0 Å². The second-order valence-corrected chi connectivity index (χ2v) is 6.42. The Bertz CT molecular complexity index is 440. The zero-order chi connectivity index (χ0) is 14.5. The first-order chi connectivity index (χ1) is 9.60. The molecule has 0 aliphatic carbocycles. The predicted octanol–water partition coefficient (Wildman–Crippen LogP) is 1.22. The molecule has 1 saturated heterocycles. The largest absolute Gasteiger partial charge is 0.339 e. The number of hydrogen-bond acceptors (Lipinski definition) is 5. The van der Waals surface area contributed by atoms with Crippen LogP contribution in [-0.4, -0.2) is 52.9 Å². The third kappa shape index (κ3) is 4.01. The van der Waals surface area contributed by atoms with Crippen molar-refractivity contribution in [1.82, 2.24) is 14.8 Å². The van der Waals surface area contributed by atoms with Crippen LogP contribution in [0.2, 0.25) is 0 Å². The summed E-state index contributed by atoms with van der Waals surface area (Å²) in [6, 6.07) is -0.326. The van der Waals surface area contributed by atoms with E-state index in [0.717, 1.165) is 56.3 Å². The van der Waals surface area contributed by atoms with Crippen molar-refractivity contribution in [3.05, 3.63) is 16.1 Å². The smallest absolute Gasteiger partial charge is 0.239 e. The highest BCUT2D eigenvalue weighted by Crippen LogP contribution is 2.13. The summed E-state index contributed by atoms with van der Waals surface area (Å²) < 4.78 is 0. The summed E-state index contributed by atoms with van der Waals surface area (Å²) in [6.45, 7) is 8.33. The van der Waals surface area contributed by atoms with Crippen LogP contribution in [0.5, 0.6) is 0 Å². The van der Waals surface area contributed by atoms with Crippen molar-refractivity contribution >= 4 is 17.2 Å². The molecule has 0 unspecified atom stereocenters. The molecule has 1 aromatic rings. The van der Waals surface area contributed by atoms with Crippen molar-refractivity contribution in [2.45, 2.75) is 39.3 Å². The van der Waals surface area contributed by atoms with E-state index in [1.165, 1.54) is 0 Å². The first-order valence-corrected chi connectivity index (χ1v) is 8.16. The van der Waals surface area contributed by atoms with Gasteiger partial charge in [0, 0.05) is 38.1 Å². The molecule has 1 aliphatic heterocycles. The molecule has 0 spiro atoms. The number of amides is 1. The Labute approximate surface area is 124 Å². The summed E-state index contributed by atoms with van der Waals surface area (Å²) in [7, 11) is 0. The predicted molar refractivity (Wildman–Crippen MR) is 81.6 cm³/mol. The van der Waals surface area contributed by atoms with Gasteiger partial charge in [0.25, 0.3) is 0 Å². The van der Waals surface area contributed by atoms with Gasteiger partial charge in [-0.25, -0.2) is 4.98 Å². The maximum atomic E-state index is 12.1. The number of nitrogens with two attached hydrogens (primary N) is 1. The van der Waals surface area contributed by atoms with E-state index in [-0.39, 0.29) is 11.9 Å². The first kappa shape index (κ1) is 15.4.